The Morgan fingerprint density at radius 3 is 2.80 bits per heavy atom. The molecule has 1 N–H and O–H groups in total. The first kappa shape index (κ1) is 17.2. The molecule has 1 atom stereocenters. The van der Waals surface area contributed by atoms with E-state index in [0.717, 1.165) is 6.07 Å². The van der Waals surface area contributed by atoms with Gasteiger partial charge in [-0.2, -0.15) is 5.10 Å². The summed E-state index contributed by atoms with van der Waals surface area (Å²) in [5.41, 5.74) is 0. The fourth-order valence-electron chi connectivity index (χ4n) is 2.36. The maximum absolute atomic E-state index is 13.8. The topological polar surface area (TPSA) is 86.4 Å². The van der Waals surface area contributed by atoms with Crippen LogP contribution in [0.25, 0.3) is 0 Å². The molecule has 0 saturated carbocycles. The zero-order valence-electron chi connectivity index (χ0n) is 13.3. The van der Waals surface area contributed by atoms with Crippen molar-refractivity contribution in [3.63, 3.8) is 0 Å². The molecule has 3 rings (SSSR count). The summed E-state index contributed by atoms with van der Waals surface area (Å²) in [4.78, 5) is -0.190. The highest BCUT2D eigenvalue weighted by molar-refractivity contribution is 7.89. The van der Waals surface area contributed by atoms with Crippen LogP contribution in [0.2, 0.25) is 0 Å². The minimum atomic E-state index is -3.91. The van der Waals surface area contributed by atoms with Gasteiger partial charge in [0.2, 0.25) is 10.0 Å². The normalized spacial score (nSPS) is 12.9. The standard InChI is InChI=1S/C16H16FN3O4S/c1-23-15-6-5-12(10-13(15)17)25(21,22)19-11-14(16-4-2-9-24-16)20-8-3-7-18-20/h2-10,14,19H,11H2,1H3. The van der Waals surface area contributed by atoms with E-state index in [1.54, 1.807) is 35.3 Å². The van der Waals surface area contributed by atoms with Gasteiger partial charge in [-0.3, -0.25) is 4.68 Å². The number of rotatable bonds is 7. The minimum Gasteiger partial charge on any atom is -0.494 e. The fraction of sp³-hybridized carbons (Fsp3) is 0.188. The van der Waals surface area contributed by atoms with Crippen molar-refractivity contribution < 1.29 is 22.0 Å². The predicted molar refractivity (Wildman–Crippen MR) is 87.2 cm³/mol. The molecule has 0 bridgehead atoms. The Kier molecular flexibility index (Phi) is 4.86. The molecule has 2 heterocycles. The molecule has 0 aliphatic rings. The number of ether oxygens (including phenoxy) is 1. The van der Waals surface area contributed by atoms with Gasteiger partial charge in [-0.15, -0.1) is 0 Å². The lowest BCUT2D eigenvalue weighted by molar-refractivity contribution is 0.385. The van der Waals surface area contributed by atoms with Crippen LogP contribution in [0.1, 0.15) is 11.8 Å². The molecule has 0 saturated heterocycles. The van der Waals surface area contributed by atoms with Gasteiger partial charge in [-0.1, -0.05) is 0 Å². The van der Waals surface area contributed by atoms with Crippen molar-refractivity contribution in [2.75, 3.05) is 13.7 Å². The third-order valence-corrected chi connectivity index (χ3v) is 5.04. The predicted octanol–water partition coefficient (Wildman–Crippen LogP) is 2.19. The zero-order valence-corrected chi connectivity index (χ0v) is 14.1. The maximum Gasteiger partial charge on any atom is 0.240 e. The van der Waals surface area contributed by atoms with E-state index in [0.29, 0.717) is 5.76 Å². The third-order valence-electron chi connectivity index (χ3n) is 3.62. The third kappa shape index (κ3) is 3.72. The molecule has 0 aliphatic heterocycles. The van der Waals surface area contributed by atoms with Crippen molar-refractivity contribution >= 4 is 10.0 Å². The quantitative estimate of drug-likeness (QED) is 0.694. The highest BCUT2D eigenvalue weighted by Gasteiger charge is 2.22. The Labute approximate surface area is 144 Å². The number of nitrogens with one attached hydrogen (secondary N) is 1. The smallest absolute Gasteiger partial charge is 0.240 e. The molecule has 0 spiro atoms. The first-order valence-corrected chi connectivity index (χ1v) is 8.85. The monoisotopic (exact) mass is 365 g/mol. The van der Waals surface area contributed by atoms with E-state index in [-0.39, 0.29) is 17.2 Å². The van der Waals surface area contributed by atoms with Crippen LogP contribution in [-0.2, 0) is 10.0 Å². The van der Waals surface area contributed by atoms with Crippen LogP contribution in [0.5, 0.6) is 5.75 Å². The molecule has 7 nitrogen and oxygen atoms in total. The molecular weight excluding hydrogens is 349 g/mol. The van der Waals surface area contributed by atoms with E-state index in [1.807, 2.05) is 0 Å². The molecule has 0 radical (unpaired) electrons. The molecule has 0 fully saturated rings. The lowest BCUT2D eigenvalue weighted by atomic mass is 10.2. The molecule has 1 aromatic carbocycles. The highest BCUT2D eigenvalue weighted by atomic mass is 32.2. The largest absolute Gasteiger partial charge is 0.494 e. The second-order valence-corrected chi connectivity index (χ2v) is 6.93. The van der Waals surface area contributed by atoms with Crippen molar-refractivity contribution in [2.24, 2.45) is 0 Å². The number of halogens is 1. The highest BCUT2D eigenvalue weighted by Crippen LogP contribution is 2.22. The van der Waals surface area contributed by atoms with E-state index in [2.05, 4.69) is 9.82 Å². The number of sulfonamides is 1. The van der Waals surface area contributed by atoms with E-state index >= 15 is 0 Å². The summed E-state index contributed by atoms with van der Waals surface area (Å²) in [5.74, 6) is -0.226. The molecular formula is C16H16FN3O4S. The summed E-state index contributed by atoms with van der Waals surface area (Å²) in [7, 11) is -2.60. The molecule has 1 unspecified atom stereocenters. The van der Waals surface area contributed by atoms with Crippen LogP contribution in [0.3, 0.4) is 0 Å². The number of benzene rings is 1. The van der Waals surface area contributed by atoms with Gasteiger partial charge < -0.3 is 9.15 Å². The van der Waals surface area contributed by atoms with E-state index in [9.17, 15) is 12.8 Å². The van der Waals surface area contributed by atoms with E-state index in [1.165, 1.54) is 25.5 Å². The molecule has 0 aliphatic carbocycles. The van der Waals surface area contributed by atoms with Gasteiger partial charge in [0.05, 0.1) is 18.3 Å². The fourth-order valence-corrected chi connectivity index (χ4v) is 3.41. The summed E-state index contributed by atoms with van der Waals surface area (Å²) in [5, 5.41) is 4.13. The Morgan fingerprint density at radius 2 is 2.20 bits per heavy atom. The van der Waals surface area contributed by atoms with Crippen molar-refractivity contribution in [3.05, 3.63) is 66.6 Å². The van der Waals surface area contributed by atoms with Gasteiger partial charge in [0.25, 0.3) is 0 Å². The van der Waals surface area contributed by atoms with Crippen molar-refractivity contribution in [1.29, 1.82) is 0 Å². The van der Waals surface area contributed by atoms with Crippen LogP contribution >= 0.6 is 0 Å². The van der Waals surface area contributed by atoms with Gasteiger partial charge in [0.15, 0.2) is 11.6 Å². The van der Waals surface area contributed by atoms with Crippen LogP contribution in [0.15, 0.2) is 64.4 Å². The molecule has 0 amide bonds. The van der Waals surface area contributed by atoms with E-state index in [4.69, 9.17) is 9.15 Å². The first-order valence-electron chi connectivity index (χ1n) is 7.37. The summed E-state index contributed by atoms with van der Waals surface area (Å²) in [6.45, 7) is -0.00876. The Morgan fingerprint density at radius 1 is 1.36 bits per heavy atom. The Bertz CT molecular complexity index is 890. The maximum atomic E-state index is 13.8. The van der Waals surface area contributed by atoms with Crippen LogP contribution in [0.4, 0.5) is 4.39 Å². The Hall–Kier alpha value is -2.65. The van der Waals surface area contributed by atoms with Gasteiger partial charge in [0, 0.05) is 18.9 Å². The summed E-state index contributed by atoms with van der Waals surface area (Å²) < 4.78 is 52.9. The van der Waals surface area contributed by atoms with Gasteiger partial charge in [-0.05, 0) is 36.4 Å². The average molecular weight is 365 g/mol. The number of hydrogen-bond acceptors (Lipinski definition) is 5. The van der Waals surface area contributed by atoms with Crippen LogP contribution in [-0.4, -0.2) is 31.9 Å². The number of hydrogen-bond donors (Lipinski definition) is 1. The zero-order chi connectivity index (χ0) is 17.9. The second kappa shape index (κ2) is 7.08. The minimum absolute atomic E-state index is 0.00876. The number of furan rings is 1. The Balaban J connectivity index is 1.81. The lowest BCUT2D eigenvalue weighted by Gasteiger charge is -2.16. The van der Waals surface area contributed by atoms with Crippen LogP contribution < -0.4 is 9.46 Å². The summed E-state index contributed by atoms with van der Waals surface area (Å²) in [6, 6.07) is 8.15. The molecule has 2 aromatic heterocycles. The lowest BCUT2D eigenvalue weighted by Crippen LogP contribution is -2.31. The van der Waals surface area contributed by atoms with Gasteiger partial charge in [-0.25, -0.2) is 17.5 Å². The van der Waals surface area contributed by atoms with Crippen LogP contribution in [0, 0.1) is 5.82 Å². The molecule has 9 heteroatoms. The first-order chi connectivity index (χ1) is 12.0. The summed E-state index contributed by atoms with van der Waals surface area (Å²) in [6.07, 6.45) is 4.79. The van der Waals surface area contributed by atoms with Crippen molar-refractivity contribution in [3.8, 4) is 5.75 Å². The summed E-state index contributed by atoms with van der Waals surface area (Å²) >= 11 is 0. The van der Waals surface area contributed by atoms with E-state index < -0.39 is 21.9 Å². The van der Waals surface area contributed by atoms with Gasteiger partial charge >= 0.3 is 0 Å². The molecule has 3 aromatic rings. The number of aromatic nitrogens is 2. The second-order valence-electron chi connectivity index (χ2n) is 5.17. The SMILES string of the molecule is COc1ccc(S(=O)(=O)NCC(c2ccco2)n2cccn2)cc1F. The average Bonchev–Trinajstić information content (AvgIpc) is 3.29. The molecule has 132 valence electrons. The van der Waals surface area contributed by atoms with Crippen molar-refractivity contribution in [2.45, 2.75) is 10.9 Å². The molecule has 25 heavy (non-hydrogen) atoms. The van der Waals surface area contributed by atoms with Gasteiger partial charge in [0.1, 0.15) is 11.8 Å². The van der Waals surface area contributed by atoms with Crippen molar-refractivity contribution in [1.82, 2.24) is 14.5 Å². The number of methoxy groups -OCH3 is 1. The number of nitrogens with zero attached hydrogens (tertiary/aromatic N) is 2.